The fourth-order valence-corrected chi connectivity index (χ4v) is 4.79. The topological polar surface area (TPSA) is 114 Å². The molecule has 10 heteroatoms. The fraction of sp³-hybridized carbons (Fsp3) is 0.190. The van der Waals surface area contributed by atoms with Crippen LogP contribution in [0.1, 0.15) is 21.5 Å². The fourth-order valence-electron chi connectivity index (χ4n) is 3.32. The highest BCUT2D eigenvalue weighted by Crippen LogP contribution is 2.25. The van der Waals surface area contributed by atoms with Gasteiger partial charge < -0.3 is 4.74 Å². The van der Waals surface area contributed by atoms with Gasteiger partial charge in [0.2, 0.25) is 21.9 Å². The molecule has 0 fully saturated rings. The van der Waals surface area contributed by atoms with Gasteiger partial charge in [-0.1, -0.05) is 30.3 Å². The number of benzene rings is 2. The van der Waals surface area contributed by atoms with E-state index in [0.29, 0.717) is 25.4 Å². The third kappa shape index (κ3) is 4.49. The van der Waals surface area contributed by atoms with Crippen molar-refractivity contribution in [2.24, 2.45) is 0 Å². The Balaban J connectivity index is 1.49. The first-order valence-electron chi connectivity index (χ1n) is 9.58. The van der Waals surface area contributed by atoms with Gasteiger partial charge in [-0.15, -0.1) is 0 Å². The Morgan fingerprint density at radius 2 is 1.90 bits per heavy atom. The highest BCUT2D eigenvalue weighted by Gasteiger charge is 2.28. The molecule has 9 nitrogen and oxygen atoms in total. The molecule has 0 saturated carbocycles. The van der Waals surface area contributed by atoms with E-state index in [1.165, 1.54) is 35.8 Å². The molecule has 1 aliphatic heterocycles. The van der Waals surface area contributed by atoms with Crippen LogP contribution in [-0.2, 0) is 23.0 Å². The van der Waals surface area contributed by atoms with Crippen molar-refractivity contribution in [3.63, 3.8) is 0 Å². The molecule has 2 aromatic carbocycles. The number of nitrogens with zero attached hydrogens (tertiary/aromatic N) is 3. The Kier molecular flexibility index (Phi) is 5.83. The van der Waals surface area contributed by atoms with Gasteiger partial charge in [-0.05, 0) is 35.7 Å². The molecule has 0 unspecified atom stereocenters. The van der Waals surface area contributed by atoms with Gasteiger partial charge in [0.1, 0.15) is 0 Å². The van der Waals surface area contributed by atoms with Crippen LogP contribution in [0.4, 0.5) is 5.95 Å². The zero-order valence-corrected chi connectivity index (χ0v) is 17.6. The van der Waals surface area contributed by atoms with Gasteiger partial charge in [0.05, 0.1) is 12.0 Å². The zero-order chi connectivity index (χ0) is 21.8. The number of fused-ring (bicyclic) bond motifs is 1. The first kappa shape index (κ1) is 20.8. The van der Waals surface area contributed by atoms with Crippen molar-refractivity contribution in [2.45, 2.75) is 17.9 Å². The van der Waals surface area contributed by atoms with Crippen molar-refractivity contribution < 1.29 is 17.9 Å². The van der Waals surface area contributed by atoms with Crippen molar-refractivity contribution in [2.75, 3.05) is 19.1 Å². The lowest BCUT2D eigenvalue weighted by Crippen LogP contribution is -2.36. The van der Waals surface area contributed by atoms with Crippen LogP contribution in [0.25, 0.3) is 0 Å². The number of amides is 1. The van der Waals surface area contributed by atoms with Crippen LogP contribution in [0, 0.1) is 0 Å². The molecule has 0 bridgehead atoms. The number of hydrazine groups is 1. The minimum Gasteiger partial charge on any atom is -0.481 e. The maximum absolute atomic E-state index is 13.2. The lowest BCUT2D eigenvalue weighted by molar-refractivity contribution is 0.0962. The summed E-state index contributed by atoms with van der Waals surface area (Å²) < 4.78 is 32.8. The molecule has 2 N–H and O–H groups in total. The van der Waals surface area contributed by atoms with Crippen molar-refractivity contribution in [1.29, 1.82) is 0 Å². The van der Waals surface area contributed by atoms with Crippen LogP contribution >= 0.6 is 0 Å². The number of methoxy groups -OCH3 is 1. The number of ether oxygens (including phenoxy) is 1. The molecule has 160 valence electrons. The smallest absolute Gasteiger partial charge is 0.269 e. The molecule has 1 aliphatic rings. The van der Waals surface area contributed by atoms with Gasteiger partial charge in [-0.2, -0.15) is 9.29 Å². The summed E-state index contributed by atoms with van der Waals surface area (Å²) in [7, 11) is -2.28. The number of hydrogen-bond acceptors (Lipinski definition) is 7. The normalized spacial score (nSPS) is 13.8. The molecule has 1 aromatic heterocycles. The number of aromatic nitrogens is 2. The summed E-state index contributed by atoms with van der Waals surface area (Å²) in [5.74, 6) is -0.0427. The molecule has 4 rings (SSSR count). The molecule has 2 heterocycles. The highest BCUT2D eigenvalue weighted by molar-refractivity contribution is 7.89. The van der Waals surface area contributed by atoms with Crippen LogP contribution in [0.2, 0.25) is 0 Å². The van der Waals surface area contributed by atoms with E-state index in [0.717, 1.165) is 11.1 Å². The molecular formula is C21H21N5O4S. The number of anilines is 1. The maximum atomic E-state index is 13.2. The van der Waals surface area contributed by atoms with E-state index in [1.54, 1.807) is 12.1 Å². The van der Waals surface area contributed by atoms with Crippen LogP contribution in [-0.4, -0.2) is 42.3 Å². The Hall–Kier alpha value is -3.50. The molecular weight excluding hydrogens is 418 g/mol. The number of carbonyl (C=O) groups excluding carboxylic acids is 1. The minimum atomic E-state index is -3.75. The zero-order valence-electron chi connectivity index (χ0n) is 16.8. The number of nitrogens with one attached hydrogen (secondary N) is 2. The summed E-state index contributed by atoms with van der Waals surface area (Å²) in [4.78, 5) is 20.6. The predicted molar refractivity (Wildman–Crippen MR) is 114 cm³/mol. The summed E-state index contributed by atoms with van der Waals surface area (Å²) in [6.45, 7) is 0.703. The Morgan fingerprint density at radius 1 is 1.10 bits per heavy atom. The molecule has 0 spiro atoms. The quantitative estimate of drug-likeness (QED) is 0.565. The van der Waals surface area contributed by atoms with Crippen LogP contribution in [0.3, 0.4) is 0 Å². The molecule has 0 aliphatic carbocycles. The predicted octanol–water partition coefficient (Wildman–Crippen LogP) is 1.99. The van der Waals surface area contributed by atoms with Gasteiger partial charge in [0, 0.05) is 30.9 Å². The first-order valence-corrected chi connectivity index (χ1v) is 11.0. The summed E-state index contributed by atoms with van der Waals surface area (Å²) in [6.07, 6.45) is 2.13. The second-order valence-electron chi connectivity index (χ2n) is 6.89. The van der Waals surface area contributed by atoms with Gasteiger partial charge in [0.15, 0.2) is 0 Å². The van der Waals surface area contributed by atoms with Crippen molar-refractivity contribution in [1.82, 2.24) is 19.7 Å². The summed E-state index contributed by atoms with van der Waals surface area (Å²) in [5, 5.41) is 0. The average Bonchev–Trinajstić information content (AvgIpc) is 2.82. The second-order valence-corrected chi connectivity index (χ2v) is 8.82. The number of sulfonamides is 1. The van der Waals surface area contributed by atoms with Gasteiger partial charge in [-0.25, -0.2) is 13.4 Å². The Labute approximate surface area is 180 Å². The van der Waals surface area contributed by atoms with E-state index in [-0.39, 0.29) is 16.4 Å². The molecule has 1 amide bonds. The number of hydrogen-bond donors (Lipinski definition) is 2. The minimum absolute atomic E-state index is 0.0668. The maximum Gasteiger partial charge on any atom is 0.269 e. The molecule has 3 aromatic rings. The Morgan fingerprint density at radius 3 is 2.71 bits per heavy atom. The van der Waals surface area contributed by atoms with E-state index in [4.69, 9.17) is 4.74 Å². The van der Waals surface area contributed by atoms with Crippen LogP contribution < -0.4 is 15.6 Å². The number of rotatable bonds is 6. The van der Waals surface area contributed by atoms with Crippen LogP contribution in [0.15, 0.2) is 65.7 Å². The molecule has 0 radical (unpaired) electrons. The molecule has 0 atom stereocenters. The first-order chi connectivity index (χ1) is 15.0. The lowest BCUT2D eigenvalue weighted by Gasteiger charge is -2.28. The van der Waals surface area contributed by atoms with E-state index in [9.17, 15) is 13.2 Å². The third-order valence-electron chi connectivity index (χ3n) is 4.96. The Bertz CT molecular complexity index is 1220. The molecule has 0 saturated heterocycles. The SMILES string of the molecule is COc1ccnc(NNC(=O)c2cccc(S(=O)(=O)N3CCc4ccccc4C3)c2)n1. The van der Waals surface area contributed by atoms with Gasteiger partial charge >= 0.3 is 0 Å². The average molecular weight is 439 g/mol. The summed E-state index contributed by atoms with van der Waals surface area (Å²) in [6, 6.07) is 15.3. The third-order valence-corrected chi connectivity index (χ3v) is 6.80. The van der Waals surface area contributed by atoms with Crippen LogP contribution in [0.5, 0.6) is 5.88 Å². The molecule has 31 heavy (non-hydrogen) atoms. The lowest BCUT2D eigenvalue weighted by atomic mass is 10.0. The number of carbonyl (C=O) groups is 1. The van der Waals surface area contributed by atoms with E-state index in [1.807, 2.05) is 24.3 Å². The van der Waals surface area contributed by atoms with Gasteiger partial charge in [0.25, 0.3) is 5.91 Å². The van der Waals surface area contributed by atoms with Crippen molar-refractivity contribution >= 4 is 21.9 Å². The monoisotopic (exact) mass is 439 g/mol. The van der Waals surface area contributed by atoms with Gasteiger partial charge in [-0.3, -0.25) is 15.6 Å². The highest BCUT2D eigenvalue weighted by atomic mass is 32.2. The summed E-state index contributed by atoms with van der Waals surface area (Å²) >= 11 is 0. The van der Waals surface area contributed by atoms with Crippen molar-refractivity contribution in [3.05, 3.63) is 77.5 Å². The second kappa shape index (κ2) is 8.70. The standard InChI is InChI=1S/C21H21N5O4S/c1-30-19-9-11-22-21(23-19)25-24-20(27)16-7-4-8-18(13-16)31(28,29)26-12-10-15-5-2-3-6-17(15)14-26/h2-9,11,13H,10,12,14H2,1H3,(H,24,27)(H,22,23,25). The van der Waals surface area contributed by atoms with E-state index in [2.05, 4.69) is 20.8 Å². The largest absolute Gasteiger partial charge is 0.481 e. The summed E-state index contributed by atoms with van der Waals surface area (Å²) in [5.41, 5.74) is 7.39. The van der Waals surface area contributed by atoms with E-state index >= 15 is 0 Å². The van der Waals surface area contributed by atoms with E-state index < -0.39 is 15.9 Å². The van der Waals surface area contributed by atoms with Crippen molar-refractivity contribution in [3.8, 4) is 5.88 Å².